The van der Waals surface area contributed by atoms with E-state index in [-0.39, 0.29) is 42.3 Å². The lowest BCUT2D eigenvalue weighted by atomic mass is 9.95. The lowest BCUT2D eigenvalue weighted by Crippen LogP contribution is -2.46. The lowest BCUT2D eigenvalue weighted by molar-refractivity contribution is -0.136. The largest absolute Gasteiger partial charge is 0.481 e. The molecule has 0 heterocycles. The number of hydrogen-bond donors (Lipinski definition) is 3. The number of sulfonamides is 1. The number of aliphatic hydroxyl groups is 1. The molecular weight excluding hydrogens is 514 g/mol. The summed E-state index contributed by atoms with van der Waals surface area (Å²) in [5.41, 5.74) is 0.321. The van der Waals surface area contributed by atoms with Gasteiger partial charge < -0.3 is 15.5 Å². The molecule has 0 aliphatic rings. The first-order chi connectivity index (χ1) is 16.7. The van der Waals surface area contributed by atoms with Crippen LogP contribution in [-0.2, 0) is 27.7 Å². The number of rotatable bonds is 14. The summed E-state index contributed by atoms with van der Waals surface area (Å²) in [5, 5.41) is 22.3. The maximum atomic E-state index is 14.1. The van der Waals surface area contributed by atoms with Gasteiger partial charge in [0.25, 0.3) is 0 Å². The molecule has 0 spiro atoms. The van der Waals surface area contributed by atoms with Crippen LogP contribution in [0.25, 0.3) is 0 Å². The van der Waals surface area contributed by atoms with E-state index in [1.165, 1.54) is 13.1 Å². The molecule has 0 bridgehead atoms. The summed E-state index contributed by atoms with van der Waals surface area (Å²) in [6, 6.07) is 8.39. The third kappa shape index (κ3) is 8.77. The summed E-state index contributed by atoms with van der Waals surface area (Å²) >= 11 is 6.19. The van der Waals surface area contributed by atoms with Crippen LogP contribution < -0.4 is 5.32 Å². The quantitative estimate of drug-likeness (QED) is 0.330. The van der Waals surface area contributed by atoms with Crippen molar-refractivity contribution < 1.29 is 32.2 Å². The molecule has 11 heteroatoms. The zero-order valence-electron chi connectivity index (χ0n) is 20.6. The Morgan fingerprint density at radius 1 is 1.17 bits per heavy atom. The minimum absolute atomic E-state index is 0.0744. The summed E-state index contributed by atoms with van der Waals surface area (Å²) in [4.78, 5) is 10.4. The molecule has 0 aliphatic carbocycles. The van der Waals surface area contributed by atoms with Crippen molar-refractivity contribution in [3.63, 3.8) is 0 Å². The standard InChI is InChI=1S/C25H33ClF2N2O5S/c1-25(2,12-6-8-17-7-4-5-9-21(17)28)29-15-20(31)16-30(3)36(34,35)22-14-19(27)13-18(24(22)26)10-11-23(32)33/h4-5,7,9,13-14,20,29,31H,6,8,10-12,15-16H2,1-3H3,(H,32,33). The second-order valence-corrected chi connectivity index (χ2v) is 11.8. The van der Waals surface area contributed by atoms with E-state index in [9.17, 15) is 27.1 Å². The number of carboxylic acids is 1. The molecule has 1 atom stereocenters. The number of nitrogens with zero attached hydrogens (tertiary/aromatic N) is 1. The van der Waals surface area contributed by atoms with Crippen molar-refractivity contribution in [3.8, 4) is 0 Å². The van der Waals surface area contributed by atoms with Gasteiger partial charge in [0.1, 0.15) is 16.5 Å². The van der Waals surface area contributed by atoms with E-state index in [0.717, 1.165) is 16.4 Å². The first-order valence-corrected chi connectivity index (χ1v) is 13.4. The second kappa shape index (κ2) is 12.9. The molecule has 0 saturated heterocycles. The van der Waals surface area contributed by atoms with E-state index in [1.54, 1.807) is 18.2 Å². The maximum Gasteiger partial charge on any atom is 0.303 e. The van der Waals surface area contributed by atoms with Crippen molar-refractivity contribution in [1.29, 1.82) is 0 Å². The predicted octanol–water partition coefficient (Wildman–Crippen LogP) is 4.01. The van der Waals surface area contributed by atoms with Crippen molar-refractivity contribution in [3.05, 3.63) is 64.2 Å². The van der Waals surface area contributed by atoms with Crippen LogP contribution in [0.5, 0.6) is 0 Å². The van der Waals surface area contributed by atoms with E-state index in [4.69, 9.17) is 16.7 Å². The summed E-state index contributed by atoms with van der Waals surface area (Å²) in [7, 11) is -3.01. The van der Waals surface area contributed by atoms with Crippen LogP contribution in [0.4, 0.5) is 8.78 Å². The van der Waals surface area contributed by atoms with Gasteiger partial charge >= 0.3 is 5.97 Å². The molecule has 1 unspecified atom stereocenters. The Morgan fingerprint density at radius 2 is 1.83 bits per heavy atom. The van der Waals surface area contributed by atoms with Gasteiger partial charge in [-0.2, -0.15) is 4.31 Å². The molecular formula is C25H33ClF2N2O5S. The Morgan fingerprint density at radius 3 is 2.47 bits per heavy atom. The van der Waals surface area contributed by atoms with Crippen LogP contribution >= 0.6 is 11.6 Å². The highest BCUT2D eigenvalue weighted by Gasteiger charge is 2.28. The minimum Gasteiger partial charge on any atom is -0.481 e. The Kier molecular flexibility index (Phi) is 10.8. The molecule has 200 valence electrons. The van der Waals surface area contributed by atoms with Gasteiger partial charge in [0.2, 0.25) is 10.0 Å². The summed E-state index contributed by atoms with van der Waals surface area (Å²) in [5.74, 6) is -2.22. The van der Waals surface area contributed by atoms with E-state index in [0.29, 0.717) is 24.8 Å². The van der Waals surface area contributed by atoms with Crippen molar-refractivity contribution in [2.24, 2.45) is 0 Å². The number of nitrogens with one attached hydrogen (secondary N) is 1. The Bertz CT molecular complexity index is 1160. The highest BCUT2D eigenvalue weighted by molar-refractivity contribution is 7.89. The number of benzene rings is 2. The van der Waals surface area contributed by atoms with Gasteiger partial charge in [0.05, 0.1) is 11.1 Å². The van der Waals surface area contributed by atoms with Gasteiger partial charge in [-0.3, -0.25) is 4.79 Å². The van der Waals surface area contributed by atoms with Crippen LogP contribution in [0.2, 0.25) is 5.02 Å². The molecule has 2 rings (SSSR count). The van der Waals surface area contributed by atoms with Crippen LogP contribution in [0.15, 0.2) is 41.3 Å². The average molecular weight is 547 g/mol. The van der Waals surface area contributed by atoms with Gasteiger partial charge in [-0.15, -0.1) is 0 Å². The Balaban J connectivity index is 1.96. The fourth-order valence-electron chi connectivity index (χ4n) is 3.76. The molecule has 2 aromatic rings. The maximum absolute atomic E-state index is 14.1. The summed E-state index contributed by atoms with van der Waals surface area (Å²) in [6.07, 6.45) is 0.447. The number of β-amino-alcohol motifs (C(OH)–C–C–N with tert-alkyl or cyclic N) is 1. The minimum atomic E-state index is -4.26. The highest BCUT2D eigenvalue weighted by Crippen LogP contribution is 2.30. The fraction of sp³-hybridized carbons (Fsp3) is 0.480. The zero-order valence-corrected chi connectivity index (χ0v) is 22.2. The molecule has 0 aromatic heterocycles. The molecule has 0 saturated carbocycles. The average Bonchev–Trinajstić information content (AvgIpc) is 2.79. The van der Waals surface area contributed by atoms with Gasteiger partial charge in [0, 0.05) is 32.1 Å². The number of aliphatic carboxylic acids is 1. The summed E-state index contributed by atoms with van der Waals surface area (Å²) < 4.78 is 54.8. The summed E-state index contributed by atoms with van der Waals surface area (Å²) in [6.45, 7) is 3.69. The molecule has 0 fully saturated rings. The normalized spacial score (nSPS) is 13.2. The first-order valence-electron chi connectivity index (χ1n) is 11.6. The number of carbonyl (C=O) groups is 1. The number of aryl methyl sites for hydroxylation is 2. The lowest BCUT2D eigenvalue weighted by Gasteiger charge is -2.29. The zero-order chi connectivity index (χ0) is 27.1. The van der Waals surface area contributed by atoms with Crippen molar-refractivity contribution in [1.82, 2.24) is 9.62 Å². The van der Waals surface area contributed by atoms with Crippen LogP contribution in [0, 0.1) is 11.6 Å². The monoisotopic (exact) mass is 546 g/mol. The van der Waals surface area contributed by atoms with Gasteiger partial charge in [-0.1, -0.05) is 29.8 Å². The van der Waals surface area contributed by atoms with E-state index >= 15 is 0 Å². The molecule has 3 N–H and O–H groups in total. The first kappa shape index (κ1) is 30.1. The van der Waals surface area contributed by atoms with E-state index in [1.807, 2.05) is 13.8 Å². The smallest absolute Gasteiger partial charge is 0.303 e. The molecule has 7 nitrogen and oxygen atoms in total. The Hall–Kier alpha value is -2.11. The molecule has 0 aliphatic heterocycles. The van der Waals surface area contributed by atoms with Crippen LogP contribution in [0.1, 0.15) is 44.2 Å². The molecule has 0 amide bonds. The van der Waals surface area contributed by atoms with Gasteiger partial charge in [-0.25, -0.2) is 17.2 Å². The van der Waals surface area contributed by atoms with Gasteiger partial charge in [-0.05, 0) is 68.9 Å². The predicted molar refractivity (Wildman–Crippen MR) is 135 cm³/mol. The van der Waals surface area contributed by atoms with Crippen LogP contribution in [-0.4, -0.2) is 60.7 Å². The SMILES string of the molecule is CN(CC(O)CNC(C)(C)CCCc1ccccc1F)S(=O)(=O)c1cc(F)cc(CCC(=O)O)c1Cl. The number of hydrogen-bond acceptors (Lipinski definition) is 5. The molecule has 2 aromatic carbocycles. The molecule has 0 radical (unpaired) electrons. The number of aliphatic hydroxyl groups excluding tert-OH is 1. The third-order valence-electron chi connectivity index (χ3n) is 5.87. The van der Waals surface area contributed by atoms with Gasteiger partial charge in [0.15, 0.2) is 0 Å². The molecule has 36 heavy (non-hydrogen) atoms. The Labute approximate surface area is 216 Å². The van der Waals surface area contributed by atoms with Crippen molar-refractivity contribution >= 4 is 27.6 Å². The fourth-order valence-corrected chi connectivity index (χ4v) is 5.58. The third-order valence-corrected chi connectivity index (χ3v) is 8.27. The number of likely N-dealkylation sites (N-methyl/N-ethyl adjacent to an activating group) is 1. The van der Waals surface area contributed by atoms with Crippen LogP contribution in [0.3, 0.4) is 0 Å². The highest BCUT2D eigenvalue weighted by atomic mass is 35.5. The number of carboxylic acid groups (broad SMARTS) is 1. The van der Waals surface area contributed by atoms with E-state index < -0.39 is 38.3 Å². The van der Waals surface area contributed by atoms with Crippen molar-refractivity contribution in [2.45, 2.75) is 62.5 Å². The van der Waals surface area contributed by atoms with Crippen molar-refractivity contribution in [2.75, 3.05) is 20.1 Å². The van der Waals surface area contributed by atoms with E-state index in [2.05, 4.69) is 5.32 Å². The number of halogens is 3. The topological polar surface area (TPSA) is 107 Å². The second-order valence-electron chi connectivity index (χ2n) is 9.42.